The number of nitrogens with two attached hydrogens (primary N) is 2. The first kappa shape index (κ1) is 16.5. The summed E-state index contributed by atoms with van der Waals surface area (Å²) in [7, 11) is 0. The summed E-state index contributed by atoms with van der Waals surface area (Å²) in [5, 5.41) is 0. The van der Waals surface area contributed by atoms with Gasteiger partial charge in [0.2, 0.25) is 0 Å². The summed E-state index contributed by atoms with van der Waals surface area (Å²) in [5.74, 6) is -4.11. The molecule has 0 saturated carbocycles. The molecule has 0 radical (unpaired) electrons. The van der Waals surface area contributed by atoms with Gasteiger partial charge in [-0.1, -0.05) is 18.2 Å². The second-order valence-electron chi connectivity index (χ2n) is 5.11. The highest BCUT2D eigenvalue weighted by atomic mass is 16.5. The van der Waals surface area contributed by atoms with Crippen LogP contribution in [-0.4, -0.2) is 24.3 Å². The SMILES string of the molecule is CCOC(=O)C(=C(N)N)C1c2ccccc2OC(=O)C1C(C)=O. The number of carbonyl (C=O) groups excluding carboxylic acids is 3. The van der Waals surface area contributed by atoms with Crippen LogP contribution >= 0.6 is 0 Å². The van der Waals surface area contributed by atoms with E-state index in [0.29, 0.717) is 5.56 Å². The molecular formula is C16H18N2O5. The molecule has 1 aromatic rings. The molecule has 0 spiro atoms. The molecule has 122 valence electrons. The van der Waals surface area contributed by atoms with Crippen LogP contribution in [0.25, 0.3) is 0 Å². The van der Waals surface area contributed by atoms with E-state index in [1.807, 2.05) is 0 Å². The molecule has 1 aromatic carbocycles. The van der Waals surface area contributed by atoms with Gasteiger partial charge in [0.1, 0.15) is 23.3 Å². The minimum absolute atomic E-state index is 0.101. The van der Waals surface area contributed by atoms with Gasteiger partial charge in [-0.2, -0.15) is 0 Å². The molecule has 1 heterocycles. The molecular weight excluding hydrogens is 300 g/mol. The number of ether oxygens (including phenoxy) is 2. The van der Waals surface area contributed by atoms with Crippen molar-refractivity contribution in [2.45, 2.75) is 19.8 Å². The Kier molecular flexibility index (Phi) is 4.68. The Morgan fingerprint density at radius 1 is 1.22 bits per heavy atom. The Balaban J connectivity index is 2.66. The predicted molar refractivity (Wildman–Crippen MR) is 81.0 cm³/mol. The normalized spacial score (nSPS) is 19.3. The number of hydrogen-bond donors (Lipinski definition) is 2. The molecule has 1 aliphatic heterocycles. The zero-order valence-electron chi connectivity index (χ0n) is 12.9. The van der Waals surface area contributed by atoms with Crippen LogP contribution in [0.4, 0.5) is 0 Å². The van der Waals surface area contributed by atoms with Crippen molar-refractivity contribution in [3.63, 3.8) is 0 Å². The summed E-state index contributed by atoms with van der Waals surface area (Å²) in [4.78, 5) is 36.5. The number of rotatable bonds is 4. The summed E-state index contributed by atoms with van der Waals surface area (Å²) < 4.78 is 10.2. The first-order valence-corrected chi connectivity index (χ1v) is 7.11. The number of carbonyl (C=O) groups is 3. The molecule has 0 amide bonds. The Morgan fingerprint density at radius 3 is 2.43 bits per heavy atom. The number of ketones is 1. The lowest BCUT2D eigenvalue weighted by molar-refractivity contribution is -0.146. The molecule has 7 nitrogen and oxygen atoms in total. The lowest BCUT2D eigenvalue weighted by atomic mass is 9.76. The first-order valence-electron chi connectivity index (χ1n) is 7.11. The van der Waals surface area contributed by atoms with Crippen LogP contribution in [0.5, 0.6) is 5.75 Å². The molecule has 2 unspecified atom stereocenters. The van der Waals surface area contributed by atoms with Crippen molar-refractivity contribution >= 4 is 17.7 Å². The molecule has 1 aliphatic rings. The van der Waals surface area contributed by atoms with Crippen molar-refractivity contribution in [2.24, 2.45) is 17.4 Å². The average Bonchev–Trinajstić information content (AvgIpc) is 2.46. The Labute approximate surface area is 133 Å². The third-order valence-corrected chi connectivity index (χ3v) is 3.61. The Morgan fingerprint density at radius 2 is 1.87 bits per heavy atom. The van der Waals surface area contributed by atoms with E-state index in [0.717, 1.165) is 0 Å². The van der Waals surface area contributed by atoms with Gasteiger partial charge in [-0.25, -0.2) is 4.79 Å². The highest BCUT2D eigenvalue weighted by Gasteiger charge is 2.45. The van der Waals surface area contributed by atoms with Gasteiger partial charge in [0.15, 0.2) is 0 Å². The monoisotopic (exact) mass is 318 g/mol. The average molecular weight is 318 g/mol. The topological polar surface area (TPSA) is 122 Å². The predicted octanol–water partition coefficient (Wildman–Crippen LogP) is 0.586. The molecule has 4 N–H and O–H groups in total. The number of hydrogen-bond acceptors (Lipinski definition) is 7. The first-order chi connectivity index (χ1) is 10.9. The minimum atomic E-state index is -1.20. The van der Waals surface area contributed by atoms with E-state index in [-0.39, 0.29) is 23.8 Å². The zero-order chi connectivity index (χ0) is 17.1. The third-order valence-electron chi connectivity index (χ3n) is 3.61. The van der Waals surface area contributed by atoms with E-state index in [1.165, 1.54) is 6.92 Å². The zero-order valence-corrected chi connectivity index (χ0v) is 12.9. The number of Topliss-reactive ketones (excluding diaryl/α,β-unsaturated/α-hetero) is 1. The maximum Gasteiger partial charge on any atom is 0.338 e. The number of para-hydroxylation sites is 1. The summed E-state index contributed by atoms with van der Waals surface area (Å²) in [6, 6.07) is 6.62. The number of esters is 2. The van der Waals surface area contributed by atoms with Crippen LogP contribution in [0, 0.1) is 5.92 Å². The summed E-state index contributed by atoms with van der Waals surface area (Å²) >= 11 is 0. The summed E-state index contributed by atoms with van der Waals surface area (Å²) in [5.41, 5.74) is 11.7. The van der Waals surface area contributed by atoms with Gasteiger partial charge in [0, 0.05) is 11.5 Å². The van der Waals surface area contributed by atoms with Crippen LogP contribution in [0.3, 0.4) is 0 Å². The van der Waals surface area contributed by atoms with Gasteiger partial charge in [-0.15, -0.1) is 0 Å². The van der Waals surface area contributed by atoms with Crippen LogP contribution in [-0.2, 0) is 19.1 Å². The van der Waals surface area contributed by atoms with Crippen molar-refractivity contribution in [2.75, 3.05) is 6.61 Å². The second kappa shape index (κ2) is 6.51. The largest absolute Gasteiger partial charge is 0.463 e. The minimum Gasteiger partial charge on any atom is -0.463 e. The lowest BCUT2D eigenvalue weighted by Crippen LogP contribution is -2.40. The van der Waals surface area contributed by atoms with Gasteiger partial charge in [-0.05, 0) is 19.9 Å². The van der Waals surface area contributed by atoms with E-state index in [4.69, 9.17) is 20.9 Å². The summed E-state index contributed by atoms with van der Waals surface area (Å²) in [6.07, 6.45) is 0. The fourth-order valence-electron chi connectivity index (χ4n) is 2.67. The smallest absolute Gasteiger partial charge is 0.338 e. The summed E-state index contributed by atoms with van der Waals surface area (Å²) in [6.45, 7) is 3.00. The van der Waals surface area contributed by atoms with E-state index in [9.17, 15) is 14.4 Å². The van der Waals surface area contributed by atoms with Crippen molar-refractivity contribution in [1.82, 2.24) is 0 Å². The molecule has 2 atom stereocenters. The van der Waals surface area contributed by atoms with Gasteiger partial charge < -0.3 is 20.9 Å². The number of fused-ring (bicyclic) bond motifs is 1. The van der Waals surface area contributed by atoms with Crippen LogP contribution in [0.2, 0.25) is 0 Å². The maximum atomic E-state index is 12.3. The highest BCUT2D eigenvalue weighted by molar-refractivity contribution is 6.04. The van der Waals surface area contributed by atoms with E-state index in [2.05, 4.69) is 0 Å². The second-order valence-corrected chi connectivity index (χ2v) is 5.11. The fraction of sp³-hybridized carbons (Fsp3) is 0.312. The van der Waals surface area contributed by atoms with Crippen molar-refractivity contribution in [3.05, 3.63) is 41.2 Å². The van der Waals surface area contributed by atoms with Crippen LogP contribution in [0.1, 0.15) is 25.3 Å². The molecule has 7 heteroatoms. The molecule has 0 saturated heterocycles. The van der Waals surface area contributed by atoms with Crippen LogP contribution in [0.15, 0.2) is 35.7 Å². The van der Waals surface area contributed by atoms with Crippen LogP contribution < -0.4 is 16.2 Å². The Hall–Kier alpha value is -2.83. The standard InChI is InChI=1S/C16H18N2O5/c1-3-22-15(20)13(14(17)18)12-9-6-4-5-7-10(9)23-16(21)11(12)8(2)19/h4-7,11-12H,3,17-18H2,1-2H3. The molecule has 0 aromatic heterocycles. The van der Waals surface area contributed by atoms with Gasteiger partial charge in [-0.3, -0.25) is 9.59 Å². The van der Waals surface area contributed by atoms with Crippen molar-refractivity contribution < 1.29 is 23.9 Å². The molecule has 0 aliphatic carbocycles. The molecule has 23 heavy (non-hydrogen) atoms. The highest BCUT2D eigenvalue weighted by Crippen LogP contribution is 2.43. The third kappa shape index (κ3) is 3.03. The van der Waals surface area contributed by atoms with E-state index in [1.54, 1.807) is 31.2 Å². The Bertz CT molecular complexity index is 691. The van der Waals surface area contributed by atoms with Gasteiger partial charge in [0.25, 0.3) is 0 Å². The van der Waals surface area contributed by atoms with Crippen molar-refractivity contribution in [3.8, 4) is 5.75 Å². The quantitative estimate of drug-likeness (QED) is 0.360. The lowest BCUT2D eigenvalue weighted by Gasteiger charge is -2.31. The van der Waals surface area contributed by atoms with Crippen molar-refractivity contribution in [1.29, 1.82) is 0 Å². The molecule has 0 fully saturated rings. The molecule has 0 bridgehead atoms. The van der Waals surface area contributed by atoms with Gasteiger partial charge >= 0.3 is 11.9 Å². The van der Waals surface area contributed by atoms with E-state index >= 15 is 0 Å². The molecule has 2 rings (SSSR count). The van der Waals surface area contributed by atoms with E-state index < -0.39 is 29.6 Å². The maximum absolute atomic E-state index is 12.3. The van der Waals surface area contributed by atoms with Gasteiger partial charge in [0.05, 0.1) is 12.2 Å². The fourth-order valence-corrected chi connectivity index (χ4v) is 2.67. The number of benzene rings is 1.